The second-order valence-corrected chi connectivity index (χ2v) is 11.0. The number of carbonyl (C=O) groups excluding carboxylic acids is 1. The van der Waals surface area contributed by atoms with Crippen molar-refractivity contribution >= 4 is 33.3 Å². The Morgan fingerprint density at radius 2 is 1.95 bits per heavy atom. The van der Waals surface area contributed by atoms with E-state index in [1.54, 1.807) is 4.68 Å². The van der Waals surface area contributed by atoms with Crippen LogP contribution in [0.4, 0.5) is 5.82 Å². The number of carbonyl (C=O) groups is 1. The highest BCUT2D eigenvalue weighted by molar-refractivity contribution is 7.21. The third-order valence-corrected chi connectivity index (χ3v) is 8.26. The number of anilines is 1. The molecular weight excluding hydrogens is 486 g/mol. The summed E-state index contributed by atoms with van der Waals surface area (Å²) < 4.78 is 8.24. The molecule has 192 valence electrons. The van der Waals surface area contributed by atoms with Gasteiger partial charge in [-0.2, -0.15) is 10.1 Å². The summed E-state index contributed by atoms with van der Waals surface area (Å²) >= 11 is 1.49. The minimum atomic E-state index is 0.0719. The fourth-order valence-corrected chi connectivity index (χ4v) is 6.08. The van der Waals surface area contributed by atoms with E-state index >= 15 is 0 Å². The Hall–Kier alpha value is -3.34. The maximum atomic E-state index is 13.4. The lowest BCUT2D eigenvalue weighted by atomic mass is 10.1. The molecule has 0 N–H and O–H groups in total. The number of likely N-dealkylation sites (N-methyl/N-ethyl adjacent to an activating group) is 1. The number of amides is 1. The topological polar surface area (TPSA) is 79.6 Å². The van der Waals surface area contributed by atoms with Crippen molar-refractivity contribution < 1.29 is 9.53 Å². The summed E-state index contributed by atoms with van der Waals surface area (Å²) in [6, 6.07) is 12.6. The Balaban J connectivity index is 1.38. The lowest BCUT2D eigenvalue weighted by Gasteiger charge is -2.28. The lowest BCUT2D eigenvalue weighted by Crippen LogP contribution is -2.37. The Labute approximate surface area is 220 Å². The molecule has 4 aromatic rings. The van der Waals surface area contributed by atoms with Crippen molar-refractivity contribution in [1.82, 2.24) is 29.5 Å². The maximum absolute atomic E-state index is 13.4. The molecule has 0 bridgehead atoms. The fraction of sp³-hybridized carbons (Fsp3) is 0.407. The first-order valence-electron chi connectivity index (χ1n) is 12.7. The predicted octanol–water partition coefficient (Wildman–Crippen LogP) is 3.47. The van der Waals surface area contributed by atoms with E-state index in [4.69, 9.17) is 19.8 Å². The summed E-state index contributed by atoms with van der Waals surface area (Å²) in [6.45, 7) is 6.40. The van der Waals surface area contributed by atoms with Gasteiger partial charge < -0.3 is 19.4 Å². The van der Waals surface area contributed by atoms with E-state index in [-0.39, 0.29) is 5.91 Å². The fourth-order valence-electron chi connectivity index (χ4n) is 5.00. The van der Waals surface area contributed by atoms with Crippen LogP contribution in [-0.4, -0.2) is 95.0 Å². The number of morpholine rings is 1. The normalized spacial score (nSPS) is 18.3. The number of hydrogen-bond acceptors (Lipinski definition) is 8. The van der Waals surface area contributed by atoms with Crippen LogP contribution in [0.1, 0.15) is 21.7 Å². The molecule has 1 atom stereocenters. The molecule has 1 aromatic carbocycles. The highest BCUT2D eigenvalue weighted by Gasteiger charge is 2.30. The molecule has 6 rings (SSSR count). The molecule has 3 aromatic heterocycles. The average Bonchev–Trinajstić information content (AvgIpc) is 3.68. The van der Waals surface area contributed by atoms with E-state index in [0.717, 1.165) is 59.9 Å². The van der Waals surface area contributed by atoms with Gasteiger partial charge in [-0.15, -0.1) is 11.3 Å². The molecule has 5 heterocycles. The monoisotopic (exact) mass is 517 g/mol. The number of fused-ring (bicyclic) bond motifs is 1. The molecule has 0 unspecified atom stereocenters. The summed E-state index contributed by atoms with van der Waals surface area (Å²) in [5.74, 6) is 1.41. The van der Waals surface area contributed by atoms with Crippen molar-refractivity contribution in [3.8, 4) is 17.2 Å². The van der Waals surface area contributed by atoms with Gasteiger partial charge in [0.05, 0.1) is 34.0 Å². The first kappa shape index (κ1) is 24.0. The number of hydrogen-bond donors (Lipinski definition) is 0. The van der Waals surface area contributed by atoms with Crippen LogP contribution in [0.2, 0.25) is 0 Å². The zero-order chi connectivity index (χ0) is 25.5. The third-order valence-electron chi connectivity index (χ3n) is 7.15. The SMILES string of the molecule is Cc1cccc(-c2ccn(-c3nc(N4CCOCC4)c4sc(C(=O)N5CC[C@H](N(C)C)C5)cc4n3)n2)c1. The Morgan fingerprint density at radius 1 is 1.11 bits per heavy atom. The number of rotatable bonds is 5. The van der Waals surface area contributed by atoms with E-state index in [1.807, 2.05) is 29.3 Å². The number of benzene rings is 1. The lowest BCUT2D eigenvalue weighted by molar-refractivity contribution is 0.0788. The van der Waals surface area contributed by atoms with Gasteiger partial charge in [-0.1, -0.05) is 23.8 Å². The van der Waals surface area contributed by atoms with E-state index in [1.165, 1.54) is 16.9 Å². The van der Waals surface area contributed by atoms with Crippen molar-refractivity contribution in [3.63, 3.8) is 0 Å². The third kappa shape index (κ3) is 4.72. The van der Waals surface area contributed by atoms with Crippen LogP contribution in [-0.2, 0) is 4.74 Å². The number of aromatic nitrogens is 4. The number of likely N-dealkylation sites (tertiary alicyclic amines) is 1. The highest BCUT2D eigenvalue weighted by Crippen LogP contribution is 2.34. The van der Waals surface area contributed by atoms with Gasteiger partial charge in [0.25, 0.3) is 11.9 Å². The molecule has 10 heteroatoms. The van der Waals surface area contributed by atoms with Crippen LogP contribution in [0.25, 0.3) is 27.4 Å². The van der Waals surface area contributed by atoms with Gasteiger partial charge in [-0.3, -0.25) is 4.79 Å². The van der Waals surface area contributed by atoms with Crippen molar-refractivity contribution in [3.05, 3.63) is 53.0 Å². The van der Waals surface area contributed by atoms with Gasteiger partial charge in [-0.25, -0.2) is 9.67 Å². The molecule has 1 amide bonds. The van der Waals surface area contributed by atoms with Crippen molar-refractivity contribution in [2.24, 2.45) is 0 Å². The van der Waals surface area contributed by atoms with E-state index in [2.05, 4.69) is 49.0 Å². The van der Waals surface area contributed by atoms with Crippen LogP contribution in [0.5, 0.6) is 0 Å². The van der Waals surface area contributed by atoms with Gasteiger partial charge in [0, 0.05) is 44.0 Å². The highest BCUT2D eigenvalue weighted by atomic mass is 32.1. The second-order valence-electron chi connectivity index (χ2n) is 9.94. The molecule has 37 heavy (non-hydrogen) atoms. The first-order chi connectivity index (χ1) is 18.0. The first-order valence-corrected chi connectivity index (χ1v) is 13.5. The molecule has 9 nitrogen and oxygen atoms in total. The van der Waals surface area contributed by atoms with Crippen molar-refractivity contribution in [1.29, 1.82) is 0 Å². The van der Waals surface area contributed by atoms with Gasteiger partial charge in [0.2, 0.25) is 0 Å². The van der Waals surface area contributed by atoms with Crippen LogP contribution in [0, 0.1) is 6.92 Å². The second kappa shape index (κ2) is 9.85. The van der Waals surface area contributed by atoms with Gasteiger partial charge >= 0.3 is 0 Å². The summed E-state index contributed by atoms with van der Waals surface area (Å²) in [7, 11) is 4.15. The minimum absolute atomic E-state index is 0.0719. The number of aryl methyl sites for hydroxylation is 1. The van der Waals surface area contributed by atoms with Gasteiger partial charge in [0.1, 0.15) is 0 Å². The van der Waals surface area contributed by atoms with Gasteiger partial charge in [0.15, 0.2) is 5.82 Å². The molecule has 2 fully saturated rings. The quantitative estimate of drug-likeness (QED) is 0.401. The minimum Gasteiger partial charge on any atom is -0.378 e. The molecule has 0 spiro atoms. The summed E-state index contributed by atoms with van der Waals surface area (Å²) in [4.78, 5) is 30.3. The van der Waals surface area contributed by atoms with E-state index in [9.17, 15) is 4.79 Å². The smallest absolute Gasteiger partial charge is 0.264 e. The van der Waals surface area contributed by atoms with Gasteiger partial charge in [-0.05, 0) is 45.6 Å². The Kier molecular flexibility index (Phi) is 6.39. The zero-order valence-corrected chi connectivity index (χ0v) is 22.2. The molecular formula is C27H31N7O2S. The Bertz CT molecular complexity index is 1440. The van der Waals surface area contributed by atoms with Crippen LogP contribution in [0.3, 0.4) is 0 Å². The summed E-state index contributed by atoms with van der Waals surface area (Å²) in [6.07, 6.45) is 2.89. The van der Waals surface area contributed by atoms with Crippen molar-refractivity contribution in [2.45, 2.75) is 19.4 Å². The maximum Gasteiger partial charge on any atom is 0.264 e. The predicted molar refractivity (Wildman–Crippen MR) is 146 cm³/mol. The van der Waals surface area contributed by atoms with E-state index < -0.39 is 0 Å². The number of ether oxygens (including phenoxy) is 1. The van der Waals surface area contributed by atoms with E-state index in [0.29, 0.717) is 30.1 Å². The molecule has 2 saturated heterocycles. The van der Waals surface area contributed by atoms with Crippen molar-refractivity contribution in [2.75, 3.05) is 58.4 Å². The van der Waals surface area contributed by atoms with Crippen LogP contribution in [0.15, 0.2) is 42.6 Å². The summed E-state index contributed by atoms with van der Waals surface area (Å²) in [5, 5.41) is 4.79. The van der Waals surface area contributed by atoms with Crippen LogP contribution >= 0.6 is 11.3 Å². The molecule has 2 aliphatic heterocycles. The molecule has 0 saturated carbocycles. The molecule has 2 aliphatic rings. The summed E-state index contributed by atoms with van der Waals surface area (Å²) in [5.41, 5.74) is 3.88. The molecule has 0 radical (unpaired) electrons. The largest absolute Gasteiger partial charge is 0.378 e. The standard InChI is InChI=1S/C27H31N7O2S/c1-18-5-4-6-19(15-18)21-8-10-34(30-21)27-28-22-16-23(26(35)33-9-7-20(17-33)31(2)3)37-24(22)25(29-27)32-11-13-36-14-12-32/h4-6,8,10,15-16,20H,7,9,11-14,17H2,1-3H3/t20-/m0/s1. The number of nitrogens with zero attached hydrogens (tertiary/aromatic N) is 7. The number of thiophene rings is 1. The van der Waals surface area contributed by atoms with Crippen LogP contribution < -0.4 is 4.90 Å². The zero-order valence-electron chi connectivity index (χ0n) is 21.4. The Morgan fingerprint density at radius 3 is 2.70 bits per heavy atom. The average molecular weight is 518 g/mol. The molecule has 0 aliphatic carbocycles.